The summed E-state index contributed by atoms with van der Waals surface area (Å²) in [6.45, 7) is 1.91. The molecule has 1 aromatic rings. The van der Waals surface area contributed by atoms with E-state index in [0.29, 0.717) is 5.71 Å². The van der Waals surface area contributed by atoms with Crippen molar-refractivity contribution in [2.24, 2.45) is 4.99 Å². The van der Waals surface area contributed by atoms with E-state index in [4.69, 9.17) is 4.74 Å². The number of rotatable bonds is 3. The summed E-state index contributed by atoms with van der Waals surface area (Å²) in [7, 11) is 3.21. The van der Waals surface area contributed by atoms with Gasteiger partial charge in [-0.3, -0.25) is 9.79 Å². The second-order valence-electron chi connectivity index (χ2n) is 2.86. The Kier molecular flexibility index (Phi) is 3.40. The fraction of sp³-hybridized carbons (Fsp3) is 0.273. The van der Waals surface area contributed by atoms with Crippen LogP contribution in [0.3, 0.4) is 0 Å². The topological polar surface area (TPSA) is 38.7 Å². The molecule has 3 nitrogen and oxygen atoms in total. The molecule has 0 radical (unpaired) electrons. The van der Waals surface area contributed by atoms with E-state index < -0.39 is 0 Å². The molecular weight excluding hydrogens is 178 g/mol. The van der Waals surface area contributed by atoms with E-state index in [1.807, 2.05) is 25.1 Å². The Labute approximate surface area is 83.4 Å². The minimum Gasteiger partial charge on any atom is -0.496 e. The van der Waals surface area contributed by atoms with Crippen molar-refractivity contribution in [3.05, 3.63) is 29.3 Å². The Morgan fingerprint density at radius 1 is 1.50 bits per heavy atom. The summed E-state index contributed by atoms with van der Waals surface area (Å²) in [5.74, 6) is 0.769. The number of hydrogen-bond donors (Lipinski definition) is 0. The van der Waals surface area contributed by atoms with Crippen LogP contribution in [-0.4, -0.2) is 26.2 Å². The van der Waals surface area contributed by atoms with Gasteiger partial charge >= 0.3 is 0 Å². The summed E-state index contributed by atoms with van der Waals surface area (Å²) in [6.07, 6.45) is 0.752. The van der Waals surface area contributed by atoms with Crippen LogP contribution >= 0.6 is 0 Å². The van der Waals surface area contributed by atoms with Crippen LogP contribution in [0.5, 0.6) is 5.75 Å². The fourth-order valence-electron chi connectivity index (χ4n) is 1.35. The van der Waals surface area contributed by atoms with E-state index in [2.05, 4.69) is 4.99 Å². The molecule has 1 rings (SSSR count). The zero-order chi connectivity index (χ0) is 10.6. The number of benzene rings is 1. The highest BCUT2D eigenvalue weighted by molar-refractivity contribution is 6.36. The van der Waals surface area contributed by atoms with Gasteiger partial charge in [0, 0.05) is 18.2 Å². The van der Waals surface area contributed by atoms with E-state index >= 15 is 0 Å². The minimum absolute atomic E-state index is 0.446. The van der Waals surface area contributed by atoms with Crippen LogP contribution in [0.2, 0.25) is 0 Å². The molecule has 0 aromatic heterocycles. The van der Waals surface area contributed by atoms with Gasteiger partial charge in [-0.05, 0) is 13.0 Å². The van der Waals surface area contributed by atoms with Crippen LogP contribution in [-0.2, 0) is 4.79 Å². The average Bonchev–Trinajstić information content (AvgIpc) is 2.22. The van der Waals surface area contributed by atoms with Gasteiger partial charge in [0.25, 0.3) is 0 Å². The molecule has 74 valence electrons. The average molecular weight is 191 g/mol. The number of aliphatic imine (C=N–C) groups is 1. The van der Waals surface area contributed by atoms with Crippen molar-refractivity contribution >= 4 is 12.0 Å². The summed E-state index contributed by atoms with van der Waals surface area (Å²) in [4.78, 5) is 14.6. The Morgan fingerprint density at radius 2 is 2.21 bits per heavy atom. The van der Waals surface area contributed by atoms with Crippen LogP contribution < -0.4 is 4.74 Å². The van der Waals surface area contributed by atoms with Crippen LogP contribution in [0.25, 0.3) is 0 Å². The molecule has 0 N–H and O–H groups in total. The van der Waals surface area contributed by atoms with E-state index in [0.717, 1.165) is 23.2 Å². The van der Waals surface area contributed by atoms with Crippen molar-refractivity contribution in [2.75, 3.05) is 14.2 Å². The zero-order valence-corrected chi connectivity index (χ0v) is 8.57. The lowest BCUT2D eigenvalue weighted by Crippen LogP contribution is -2.05. The van der Waals surface area contributed by atoms with Crippen LogP contribution in [0.15, 0.2) is 23.2 Å². The Bertz CT molecular complexity index is 370. The minimum atomic E-state index is 0.446. The molecule has 0 unspecified atom stereocenters. The van der Waals surface area contributed by atoms with Gasteiger partial charge in [-0.1, -0.05) is 12.1 Å². The maximum Gasteiger partial charge on any atom is 0.168 e. The molecule has 14 heavy (non-hydrogen) atoms. The largest absolute Gasteiger partial charge is 0.496 e. The van der Waals surface area contributed by atoms with Crippen molar-refractivity contribution in [3.8, 4) is 5.75 Å². The molecule has 0 aliphatic heterocycles. The number of carbonyl (C=O) groups is 1. The molecule has 3 heteroatoms. The number of hydrogen-bond acceptors (Lipinski definition) is 3. The molecule has 0 atom stereocenters. The first kappa shape index (κ1) is 10.4. The molecule has 0 fully saturated rings. The maximum absolute atomic E-state index is 10.7. The Morgan fingerprint density at radius 3 is 2.71 bits per heavy atom. The van der Waals surface area contributed by atoms with Crippen molar-refractivity contribution < 1.29 is 9.53 Å². The first-order chi connectivity index (χ1) is 6.74. The van der Waals surface area contributed by atoms with E-state index in [9.17, 15) is 4.79 Å². The highest BCUT2D eigenvalue weighted by atomic mass is 16.5. The smallest absolute Gasteiger partial charge is 0.168 e. The van der Waals surface area contributed by atoms with E-state index in [1.165, 1.54) is 0 Å². The van der Waals surface area contributed by atoms with Crippen LogP contribution in [0.4, 0.5) is 0 Å². The van der Waals surface area contributed by atoms with Gasteiger partial charge < -0.3 is 4.74 Å². The number of methoxy groups -OCH3 is 1. The van der Waals surface area contributed by atoms with Gasteiger partial charge in [0.05, 0.1) is 7.11 Å². The molecule has 0 amide bonds. The van der Waals surface area contributed by atoms with Crippen LogP contribution in [0.1, 0.15) is 11.1 Å². The van der Waals surface area contributed by atoms with Gasteiger partial charge in [-0.2, -0.15) is 0 Å². The van der Waals surface area contributed by atoms with Gasteiger partial charge in [0.1, 0.15) is 11.5 Å². The van der Waals surface area contributed by atoms with Crippen molar-refractivity contribution in [1.82, 2.24) is 0 Å². The number of ether oxygens (including phenoxy) is 1. The Hall–Kier alpha value is -1.64. The summed E-state index contributed by atoms with van der Waals surface area (Å²) in [5, 5.41) is 0. The molecule has 1 aromatic carbocycles. The number of nitrogens with zero attached hydrogens (tertiary/aromatic N) is 1. The predicted octanol–water partition coefficient (Wildman–Crippen LogP) is 1.62. The molecular formula is C11H13NO2. The quantitative estimate of drug-likeness (QED) is 0.538. The summed E-state index contributed by atoms with van der Waals surface area (Å²) in [6, 6.07) is 5.56. The maximum atomic E-state index is 10.7. The lowest BCUT2D eigenvalue weighted by Gasteiger charge is -2.08. The third-order valence-corrected chi connectivity index (χ3v) is 2.13. The fourth-order valence-corrected chi connectivity index (χ4v) is 1.35. The standard InChI is InChI=1S/C11H13NO2/c1-8-9(10(7-13)12-2)5-4-6-11(8)14-3/h4-7H,1-3H3. The van der Waals surface area contributed by atoms with Gasteiger partial charge in [0.15, 0.2) is 6.29 Å². The summed E-state index contributed by atoms with van der Waals surface area (Å²) >= 11 is 0. The lowest BCUT2D eigenvalue weighted by atomic mass is 10.0. The molecule has 0 saturated carbocycles. The molecule has 0 bridgehead atoms. The Balaban J connectivity index is 3.28. The SMILES string of the molecule is CN=C(C=O)c1cccc(OC)c1C. The van der Waals surface area contributed by atoms with Gasteiger partial charge in [0.2, 0.25) is 0 Å². The molecule has 0 heterocycles. The first-order valence-corrected chi connectivity index (χ1v) is 4.30. The van der Waals surface area contributed by atoms with Gasteiger partial charge in [-0.25, -0.2) is 0 Å². The normalized spacial score (nSPS) is 11.2. The molecule has 0 aliphatic carbocycles. The predicted molar refractivity (Wildman–Crippen MR) is 56.3 cm³/mol. The second kappa shape index (κ2) is 4.56. The molecule has 0 aliphatic rings. The monoisotopic (exact) mass is 191 g/mol. The summed E-state index contributed by atoms with van der Waals surface area (Å²) < 4.78 is 5.15. The van der Waals surface area contributed by atoms with Crippen LogP contribution in [0, 0.1) is 6.92 Å². The van der Waals surface area contributed by atoms with E-state index in [-0.39, 0.29) is 0 Å². The molecule has 0 saturated heterocycles. The van der Waals surface area contributed by atoms with Crippen molar-refractivity contribution in [3.63, 3.8) is 0 Å². The van der Waals surface area contributed by atoms with Crippen molar-refractivity contribution in [2.45, 2.75) is 6.92 Å². The summed E-state index contributed by atoms with van der Waals surface area (Å²) in [5.41, 5.74) is 2.20. The zero-order valence-electron chi connectivity index (χ0n) is 8.57. The van der Waals surface area contributed by atoms with E-state index in [1.54, 1.807) is 14.2 Å². The number of carbonyl (C=O) groups excluding carboxylic acids is 1. The van der Waals surface area contributed by atoms with Gasteiger partial charge in [-0.15, -0.1) is 0 Å². The molecule has 0 spiro atoms. The third-order valence-electron chi connectivity index (χ3n) is 2.13. The highest BCUT2D eigenvalue weighted by Crippen LogP contribution is 2.20. The lowest BCUT2D eigenvalue weighted by molar-refractivity contribution is -0.102. The second-order valence-corrected chi connectivity index (χ2v) is 2.86. The first-order valence-electron chi connectivity index (χ1n) is 4.30. The third kappa shape index (κ3) is 1.82. The van der Waals surface area contributed by atoms with Crippen molar-refractivity contribution in [1.29, 1.82) is 0 Å². The highest BCUT2D eigenvalue weighted by Gasteiger charge is 2.08. The number of aldehydes is 1.